The minimum atomic E-state index is 0.912. The molecular weight excluding hydrogens is 212 g/mol. The number of rotatable bonds is 1. The molecule has 0 N–H and O–H groups in total. The van der Waals surface area contributed by atoms with Crippen molar-refractivity contribution in [1.29, 1.82) is 0 Å². The molecule has 1 saturated carbocycles. The molecule has 1 fully saturated rings. The van der Waals surface area contributed by atoms with Crippen molar-refractivity contribution in [3.63, 3.8) is 0 Å². The van der Waals surface area contributed by atoms with Crippen LogP contribution in [0.15, 0.2) is 29.2 Å². The number of fused-ring (bicyclic) bond motifs is 1. The summed E-state index contributed by atoms with van der Waals surface area (Å²) in [6.45, 7) is 0. The molecule has 1 heterocycles. The second-order valence-electron chi connectivity index (χ2n) is 5.20. The number of thioether (sulfide) groups is 1. The highest BCUT2D eigenvalue weighted by Gasteiger charge is 2.27. The van der Waals surface area contributed by atoms with Crippen LogP contribution in [0, 0.1) is 5.92 Å². The van der Waals surface area contributed by atoms with Gasteiger partial charge in [-0.3, -0.25) is 0 Å². The molecule has 0 aromatic heterocycles. The third-order valence-corrected chi connectivity index (χ3v) is 5.70. The van der Waals surface area contributed by atoms with E-state index in [0.717, 1.165) is 11.2 Å². The van der Waals surface area contributed by atoms with Gasteiger partial charge in [-0.25, -0.2) is 0 Å². The quantitative estimate of drug-likeness (QED) is 0.678. The molecule has 0 saturated heterocycles. The lowest BCUT2D eigenvalue weighted by molar-refractivity contribution is 0.339. The molecule has 2 aliphatic rings. The summed E-state index contributed by atoms with van der Waals surface area (Å²) in [6.07, 6.45) is 10.1. The highest BCUT2D eigenvalue weighted by Crippen LogP contribution is 2.42. The number of hydrogen-bond acceptors (Lipinski definition) is 1. The van der Waals surface area contributed by atoms with E-state index in [2.05, 4.69) is 36.0 Å². The lowest BCUT2D eigenvalue weighted by atomic mass is 9.85. The molecule has 86 valence electrons. The average Bonchev–Trinajstić information content (AvgIpc) is 2.39. The molecular formula is C15H20S. The van der Waals surface area contributed by atoms with Crippen LogP contribution in [0.3, 0.4) is 0 Å². The Morgan fingerprint density at radius 3 is 2.62 bits per heavy atom. The molecule has 3 rings (SSSR count). The smallest absolute Gasteiger partial charge is 0.0126 e. The molecule has 1 aliphatic carbocycles. The van der Waals surface area contributed by atoms with Crippen LogP contribution in [-0.2, 0) is 6.42 Å². The predicted octanol–water partition coefficient (Wildman–Crippen LogP) is 4.67. The van der Waals surface area contributed by atoms with Crippen molar-refractivity contribution in [1.82, 2.24) is 0 Å². The Morgan fingerprint density at radius 1 is 0.938 bits per heavy atom. The third kappa shape index (κ3) is 2.15. The SMILES string of the molecule is c1ccc2c(c1)CCC(C1CCCCC1)S2. The van der Waals surface area contributed by atoms with Crippen molar-refractivity contribution < 1.29 is 0 Å². The van der Waals surface area contributed by atoms with Gasteiger partial charge in [0, 0.05) is 10.1 Å². The lowest BCUT2D eigenvalue weighted by Crippen LogP contribution is -2.23. The zero-order chi connectivity index (χ0) is 10.8. The van der Waals surface area contributed by atoms with Crippen molar-refractivity contribution in [2.24, 2.45) is 5.92 Å². The van der Waals surface area contributed by atoms with Crippen molar-refractivity contribution in [2.45, 2.75) is 55.1 Å². The summed E-state index contributed by atoms with van der Waals surface area (Å²) in [4.78, 5) is 1.56. The van der Waals surface area contributed by atoms with E-state index in [-0.39, 0.29) is 0 Å². The van der Waals surface area contributed by atoms with E-state index >= 15 is 0 Å². The Kier molecular flexibility index (Phi) is 3.23. The first-order valence-corrected chi connectivity index (χ1v) is 7.56. The number of aryl methyl sites for hydroxylation is 1. The Morgan fingerprint density at radius 2 is 1.75 bits per heavy atom. The van der Waals surface area contributed by atoms with Crippen molar-refractivity contribution in [2.75, 3.05) is 0 Å². The van der Waals surface area contributed by atoms with E-state index in [4.69, 9.17) is 0 Å². The Balaban J connectivity index is 1.72. The largest absolute Gasteiger partial charge is 0.122 e. The first kappa shape index (κ1) is 10.7. The van der Waals surface area contributed by atoms with Crippen molar-refractivity contribution in [3.05, 3.63) is 29.8 Å². The highest BCUT2D eigenvalue weighted by atomic mass is 32.2. The molecule has 0 nitrogen and oxygen atoms in total. The molecule has 16 heavy (non-hydrogen) atoms. The zero-order valence-electron chi connectivity index (χ0n) is 9.82. The first-order valence-electron chi connectivity index (χ1n) is 6.68. The van der Waals surface area contributed by atoms with E-state index < -0.39 is 0 Å². The summed E-state index contributed by atoms with van der Waals surface area (Å²) >= 11 is 2.16. The van der Waals surface area contributed by atoms with Gasteiger partial charge < -0.3 is 0 Å². The second kappa shape index (κ2) is 4.83. The topological polar surface area (TPSA) is 0 Å². The van der Waals surface area contributed by atoms with Crippen LogP contribution in [0.4, 0.5) is 0 Å². The molecule has 1 atom stereocenters. The fraction of sp³-hybridized carbons (Fsp3) is 0.600. The first-order chi connectivity index (χ1) is 7.93. The summed E-state index contributed by atoms with van der Waals surface area (Å²) in [5, 5.41) is 0.912. The minimum Gasteiger partial charge on any atom is -0.122 e. The fourth-order valence-electron chi connectivity index (χ4n) is 3.18. The Hall–Kier alpha value is -0.430. The highest BCUT2D eigenvalue weighted by molar-refractivity contribution is 8.00. The van der Waals surface area contributed by atoms with Gasteiger partial charge in [0.05, 0.1) is 0 Å². The molecule has 1 heteroatoms. The second-order valence-corrected chi connectivity index (χ2v) is 6.48. The van der Waals surface area contributed by atoms with Gasteiger partial charge >= 0.3 is 0 Å². The molecule has 0 spiro atoms. The minimum absolute atomic E-state index is 0.912. The van der Waals surface area contributed by atoms with Crippen LogP contribution >= 0.6 is 11.8 Å². The molecule has 1 aromatic carbocycles. The molecule has 0 radical (unpaired) electrons. The van der Waals surface area contributed by atoms with Gasteiger partial charge in [-0.05, 0) is 43.2 Å². The summed E-state index contributed by atoms with van der Waals surface area (Å²) in [5.41, 5.74) is 1.58. The summed E-state index contributed by atoms with van der Waals surface area (Å²) in [7, 11) is 0. The number of hydrogen-bond donors (Lipinski definition) is 0. The van der Waals surface area contributed by atoms with E-state index in [9.17, 15) is 0 Å². The standard InChI is InChI=1S/C15H20S/c1-2-6-12(7-3-1)15-11-10-13-8-4-5-9-14(13)16-15/h4-5,8-9,12,15H,1-3,6-7,10-11H2. The Bertz CT molecular complexity index is 352. The van der Waals surface area contributed by atoms with Gasteiger partial charge in [0.1, 0.15) is 0 Å². The van der Waals surface area contributed by atoms with Crippen LogP contribution in [0.25, 0.3) is 0 Å². The van der Waals surface area contributed by atoms with Crippen LogP contribution in [-0.4, -0.2) is 5.25 Å². The van der Waals surface area contributed by atoms with E-state index in [1.54, 1.807) is 10.5 Å². The number of benzene rings is 1. The zero-order valence-corrected chi connectivity index (χ0v) is 10.6. The van der Waals surface area contributed by atoms with Gasteiger partial charge in [-0.1, -0.05) is 37.5 Å². The van der Waals surface area contributed by atoms with Crippen LogP contribution in [0.2, 0.25) is 0 Å². The van der Waals surface area contributed by atoms with Crippen molar-refractivity contribution >= 4 is 11.8 Å². The maximum Gasteiger partial charge on any atom is 0.0126 e. The van der Waals surface area contributed by atoms with Gasteiger partial charge in [0.25, 0.3) is 0 Å². The maximum atomic E-state index is 2.31. The van der Waals surface area contributed by atoms with E-state index in [0.29, 0.717) is 0 Å². The van der Waals surface area contributed by atoms with Gasteiger partial charge in [0.2, 0.25) is 0 Å². The van der Waals surface area contributed by atoms with Crippen LogP contribution in [0.5, 0.6) is 0 Å². The van der Waals surface area contributed by atoms with Gasteiger partial charge in [0.15, 0.2) is 0 Å². The normalized spacial score (nSPS) is 26.4. The van der Waals surface area contributed by atoms with Gasteiger partial charge in [-0.2, -0.15) is 0 Å². The fourth-order valence-corrected chi connectivity index (χ4v) is 4.69. The van der Waals surface area contributed by atoms with E-state index in [1.807, 2.05) is 0 Å². The summed E-state index contributed by atoms with van der Waals surface area (Å²) in [6, 6.07) is 8.99. The molecule has 1 aromatic rings. The monoisotopic (exact) mass is 232 g/mol. The van der Waals surface area contributed by atoms with Gasteiger partial charge in [-0.15, -0.1) is 11.8 Å². The van der Waals surface area contributed by atoms with E-state index in [1.165, 1.54) is 44.9 Å². The molecule has 1 unspecified atom stereocenters. The Labute approximate surface area is 103 Å². The van der Waals surface area contributed by atoms with Crippen LogP contribution < -0.4 is 0 Å². The third-order valence-electron chi connectivity index (χ3n) is 4.12. The maximum absolute atomic E-state index is 2.31. The molecule has 1 aliphatic heterocycles. The van der Waals surface area contributed by atoms with Crippen LogP contribution in [0.1, 0.15) is 44.1 Å². The average molecular weight is 232 g/mol. The predicted molar refractivity (Wildman–Crippen MR) is 71.0 cm³/mol. The summed E-state index contributed by atoms with van der Waals surface area (Å²) in [5.74, 6) is 1.01. The summed E-state index contributed by atoms with van der Waals surface area (Å²) < 4.78 is 0. The van der Waals surface area contributed by atoms with Crippen molar-refractivity contribution in [3.8, 4) is 0 Å². The molecule has 0 bridgehead atoms. The lowest BCUT2D eigenvalue weighted by Gasteiger charge is -2.33. The molecule has 0 amide bonds.